The predicted octanol–water partition coefficient (Wildman–Crippen LogP) is 2.12. The summed E-state index contributed by atoms with van der Waals surface area (Å²) < 4.78 is 5.81. The normalized spacial score (nSPS) is 26.2. The molecule has 1 aliphatic carbocycles. The second-order valence-electron chi connectivity index (χ2n) is 7.33. The Hall–Kier alpha value is -2.08. The Morgan fingerprint density at radius 3 is 2.68 bits per heavy atom. The first-order chi connectivity index (χ1) is 12.1. The number of carbonyl (C=O) groups is 2. The van der Waals surface area contributed by atoms with Crippen LogP contribution in [0.4, 0.5) is 4.79 Å². The van der Waals surface area contributed by atoms with E-state index in [0.717, 1.165) is 11.1 Å². The van der Waals surface area contributed by atoms with E-state index in [4.69, 9.17) is 4.74 Å². The number of benzene rings is 1. The zero-order valence-corrected chi connectivity index (χ0v) is 14.3. The molecule has 2 atom stereocenters. The number of amides is 2. The minimum absolute atomic E-state index is 0.0174. The van der Waals surface area contributed by atoms with Crippen molar-refractivity contribution in [2.75, 3.05) is 19.7 Å². The van der Waals surface area contributed by atoms with E-state index in [9.17, 15) is 14.7 Å². The minimum Gasteiger partial charge on any atom is -0.481 e. The van der Waals surface area contributed by atoms with Crippen molar-refractivity contribution in [3.05, 3.63) is 35.4 Å². The highest BCUT2D eigenvalue weighted by molar-refractivity contribution is 5.77. The standard InChI is InChI=1S/C19H24N2O4/c22-18(23)10-16-9-14-3-1-2-4-15(14)11-21(16)19(24)20-7-8-25-17(12-20)13-5-6-13/h1-4,13,16-17H,5-12H2,(H,22,23)/t16-,17?/m0/s1. The monoisotopic (exact) mass is 344 g/mol. The molecule has 2 aliphatic heterocycles. The van der Waals surface area contributed by atoms with Gasteiger partial charge in [-0.1, -0.05) is 24.3 Å². The van der Waals surface area contributed by atoms with E-state index >= 15 is 0 Å². The molecule has 3 aliphatic rings. The number of nitrogens with zero attached hydrogens (tertiary/aromatic N) is 2. The summed E-state index contributed by atoms with van der Waals surface area (Å²) in [6.07, 6.45) is 3.10. The Labute approximate surface area is 147 Å². The van der Waals surface area contributed by atoms with E-state index in [2.05, 4.69) is 0 Å². The van der Waals surface area contributed by atoms with Gasteiger partial charge in [0.15, 0.2) is 0 Å². The summed E-state index contributed by atoms with van der Waals surface area (Å²) in [5.74, 6) is -0.271. The lowest BCUT2D eigenvalue weighted by atomic mass is 9.92. The van der Waals surface area contributed by atoms with Crippen LogP contribution in [0.15, 0.2) is 24.3 Å². The van der Waals surface area contributed by atoms with Crippen LogP contribution in [0.1, 0.15) is 30.4 Å². The van der Waals surface area contributed by atoms with Crippen LogP contribution in [-0.4, -0.2) is 58.7 Å². The molecule has 1 unspecified atom stereocenters. The van der Waals surface area contributed by atoms with Gasteiger partial charge in [0.05, 0.1) is 19.1 Å². The van der Waals surface area contributed by atoms with Crippen molar-refractivity contribution in [3.8, 4) is 0 Å². The van der Waals surface area contributed by atoms with Gasteiger partial charge in [-0.15, -0.1) is 0 Å². The Balaban J connectivity index is 1.53. The maximum Gasteiger partial charge on any atom is 0.320 e. The summed E-state index contributed by atoms with van der Waals surface area (Å²) in [5.41, 5.74) is 2.26. The van der Waals surface area contributed by atoms with E-state index in [1.807, 2.05) is 29.2 Å². The van der Waals surface area contributed by atoms with E-state index in [1.165, 1.54) is 12.8 Å². The van der Waals surface area contributed by atoms with Crippen LogP contribution in [0.3, 0.4) is 0 Å². The number of rotatable bonds is 3. The van der Waals surface area contributed by atoms with Crippen LogP contribution >= 0.6 is 0 Å². The molecule has 134 valence electrons. The van der Waals surface area contributed by atoms with Crippen molar-refractivity contribution in [2.45, 2.75) is 44.4 Å². The average molecular weight is 344 g/mol. The molecule has 1 saturated carbocycles. The van der Waals surface area contributed by atoms with Gasteiger partial charge < -0.3 is 19.6 Å². The lowest BCUT2D eigenvalue weighted by Crippen LogP contribution is -2.55. The van der Waals surface area contributed by atoms with Crippen molar-refractivity contribution in [2.24, 2.45) is 5.92 Å². The first kappa shape index (κ1) is 16.4. The van der Waals surface area contributed by atoms with Gasteiger partial charge in [-0.05, 0) is 36.3 Å². The van der Waals surface area contributed by atoms with Crippen LogP contribution in [-0.2, 0) is 22.5 Å². The molecule has 0 spiro atoms. The number of morpholine rings is 1. The topological polar surface area (TPSA) is 70.1 Å². The van der Waals surface area contributed by atoms with Crippen LogP contribution in [0, 0.1) is 5.92 Å². The first-order valence-corrected chi connectivity index (χ1v) is 9.07. The number of ether oxygens (including phenoxy) is 1. The second-order valence-corrected chi connectivity index (χ2v) is 7.33. The number of carbonyl (C=O) groups excluding carboxylic acids is 1. The fraction of sp³-hybridized carbons (Fsp3) is 0.579. The van der Waals surface area contributed by atoms with Crippen LogP contribution in [0.5, 0.6) is 0 Å². The largest absolute Gasteiger partial charge is 0.481 e. The van der Waals surface area contributed by atoms with Gasteiger partial charge in [0.25, 0.3) is 0 Å². The van der Waals surface area contributed by atoms with Gasteiger partial charge in [0.1, 0.15) is 0 Å². The number of hydrogen-bond donors (Lipinski definition) is 1. The van der Waals surface area contributed by atoms with Crippen LogP contribution in [0.2, 0.25) is 0 Å². The van der Waals surface area contributed by atoms with E-state index < -0.39 is 5.97 Å². The molecule has 2 amide bonds. The molecule has 6 heteroatoms. The molecule has 0 aromatic heterocycles. The zero-order valence-electron chi connectivity index (χ0n) is 14.3. The summed E-state index contributed by atoms with van der Waals surface area (Å²) in [4.78, 5) is 28.1. The molecule has 4 rings (SSSR count). The number of carboxylic acid groups (broad SMARTS) is 1. The number of hydrogen-bond acceptors (Lipinski definition) is 3. The summed E-state index contributed by atoms with van der Waals surface area (Å²) in [6.45, 7) is 2.26. The van der Waals surface area contributed by atoms with Crippen molar-refractivity contribution in [1.29, 1.82) is 0 Å². The first-order valence-electron chi connectivity index (χ1n) is 9.07. The van der Waals surface area contributed by atoms with Crippen LogP contribution < -0.4 is 0 Å². The highest BCUT2D eigenvalue weighted by Gasteiger charge is 2.39. The smallest absolute Gasteiger partial charge is 0.320 e. The molecule has 2 heterocycles. The van der Waals surface area contributed by atoms with Crippen LogP contribution in [0.25, 0.3) is 0 Å². The third-order valence-corrected chi connectivity index (χ3v) is 5.52. The lowest BCUT2D eigenvalue weighted by Gasteiger charge is -2.41. The van der Waals surface area contributed by atoms with Gasteiger partial charge in [0, 0.05) is 25.7 Å². The van der Waals surface area contributed by atoms with Gasteiger partial charge in [-0.2, -0.15) is 0 Å². The zero-order chi connectivity index (χ0) is 17.4. The molecular formula is C19H24N2O4. The quantitative estimate of drug-likeness (QED) is 0.912. The Bertz CT molecular complexity index is 673. The number of aliphatic carboxylic acids is 1. The molecule has 0 bridgehead atoms. The fourth-order valence-corrected chi connectivity index (χ4v) is 3.98. The molecule has 1 saturated heterocycles. The highest BCUT2D eigenvalue weighted by Crippen LogP contribution is 2.36. The molecule has 1 aromatic carbocycles. The maximum absolute atomic E-state index is 13.1. The minimum atomic E-state index is -0.861. The summed E-state index contributed by atoms with van der Waals surface area (Å²) in [7, 11) is 0. The summed E-state index contributed by atoms with van der Waals surface area (Å²) in [6, 6.07) is 7.66. The Kier molecular flexibility index (Phi) is 4.37. The molecule has 6 nitrogen and oxygen atoms in total. The summed E-state index contributed by atoms with van der Waals surface area (Å²) in [5, 5.41) is 9.28. The molecule has 25 heavy (non-hydrogen) atoms. The average Bonchev–Trinajstić information content (AvgIpc) is 3.45. The van der Waals surface area contributed by atoms with E-state index in [-0.39, 0.29) is 24.6 Å². The van der Waals surface area contributed by atoms with Crippen molar-refractivity contribution < 1.29 is 19.4 Å². The third-order valence-electron chi connectivity index (χ3n) is 5.52. The van der Waals surface area contributed by atoms with Gasteiger partial charge in [0.2, 0.25) is 0 Å². The van der Waals surface area contributed by atoms with Gasteiger partial charge in [-0.3, -0.25) is 4.79 Å². The fourth-order valence-electron chi connectivity index (χ4n) is 3.98. The van der Waals surface area contributed by atoms with Crippen molar-refractivity contribution >= 4 is 12.0 Å². The molecule has 1 N–H and O–H groups in total. The molecular weight excluding hydrogens is 320 g/mol. The number of urea groups is 1. The van der Waals surface area contributed by atoms with Crippen molar-refractivity contribution in [1.82, 2.24) is 9.80 Å². The SMILES string of the molecule is O=C(O)C[C@@H]1Cc2ccccc2CN1C(=O)N1CCOC(C2CC2)C1. The predicted molar refractivity (Wildman–Crippen MR) is 91.2 cm³/mol. The van der Waals surface area contributed by atoms with Crippen molar-refractivity contribution in [3.63, 3.8) is 0 Å². The third kappa shape index (κ3) is 3.49. The van der Waals surface area contributed by atoms with Gasteiger partial charge >= 0.3 is 12.0 Å². The highest BCUT2D eigenvalue weighted by atomic mass is 16.5. The number of fused-ring (bicyclic) bond motifs is 1. The summed E-state index contributed by atoms with van der Waals surface area (Å²) >= 11 is 0. The number of carboxylic acids is 1. The molecule has 1 aromatic rings. The second kappa shape index (κ2) is 6.67. The van der Waals surface area contributed by atoms with E-state index in [1.54, 1.807) is 4.90 Å². The molecule has 2 fully saturated rings. The molecule has 0 radical (unpaired) electrons. The Morgan fingerprint density at radius 2 is 1.96 bits per heavy atom. The Morgan fingerprint density at radius 1 is 1.20 bits per heavy atom. The van der Waals surface area contributed by atoms with Gasteiger partial charge in [-0.25, -0.2) is 4.79 Å². The van der Waals surface area contributed by atoms with E-state index in [0.29, 0.717) is 38.6 Å². The maximum atomic E-state index is 13.1. The lowest BCUT2D eigenvalue weighted by molar-refractivity contribution is -0.138.